The molecule has 3 aliphatic heterocycles. The van der Waals surface area contributed by atoms with Crippen molar-refractivity contribution in [1.82, 2.24) is 0 Å². The number of carbonyl (C=O) groups excluding carboxylic acids is 2. The molecule has 0 saturated carbocycles. The Morgan fingerprint density at radius 3 is 1.98 bits per heavy atom. The maximum absolute atomic E-state index is 11.8. The summed E-state index contributed by atoms with van der Waals surface area (Å²) >= 11 is 5.57. The minimum Gasteiger partial charge on any atom is -0.392 e. The van der Waals surface area contributed by atoms with Crippen molar-refractivity contribution in [2.45, 2.75) is 38.9 Å². The molecular weight excluding hydrogens is 548 g/mol. The van der Waals surface area contributed by atoms with Crippen molar-refractivity contribution in [2.75, 3.05) is 85.0 Å². The standard InChI is InChI=1S/C15H21ClN2O3.C15H20N2O3/c16-5-1-2-15(20)17-13-3-4-14(12(10-13)11-19)18-6-8-21-9-7-18;18-11-12-10-13(17-5-1-2-15(17)19)3-4-14(12)16-6-8-20-9-7-16/h3-4,10,19H,1-2,5-9,11H2,(H,17,20);3-4,10,18H,1-2,5-9,11H2. The molecule has 0 spiro atoms. The highest BCUT2D eigenvalue weighted by molar-refractivity contribution is 6.18. The van der Waals surface area contributed by atoms with Gasteiger partial charge in [-0.25, -0.2) is 0 Å². The summed E-state index contributed by atoms with van der Waals surface area (Å²) in [7, 11) is 0. The fourth-order valence-electron chi connectivity index (χ4n) is 5.25. The van der Waals surface area contributed by atoms with E-state index >= 15 is 0 Å². The molecule has 0 atom stereocenters. The molecule has 0 aromatic heterocycles. The maximum Gasteiger partial charge on any atom is 0.227 e. The Bertz CT molecular complexity index is 1150. The Morgan fingerprint density at radius 1 is 0.854 bits per heavy atom. The third-order valence-corrected chi connectivity index (χ3v) is 7.66. The predicted octanol–water partition coefficient (Wildman–Crippen LogP) is 3.12. The Morgan fingerprint density at radius 2 is 1.44 bits per heavy atom. The van der Waals surface area contributed by atoms with Gasteiger partial charge in [0, 0.05) is 85.3 Å². The van der Waals surface area contributed by atoms with E-state index in [4.69, 9.17) is 21.1 Å². The van der Waals surface area contributed by atoms with Crippen LogP contribution in [0.3, 0.4) is 0 Å². The van der Waals surface area contributed by atoms with Gasteiger partial charge in [-0.05, 0) is 49.2 Å². The summed E-state index contributed by atoms with van der Waals surface area (Å²) in [6, 6.07) is 11.6. The van der Waals surface area contributed by atoms with Crippen molar-refractivity contribution in [3.05, 3.63) is 47.5 Å². The van der Waals surface area contributed by atoms with Crippen molar-refractivity contribution < 1.29 is 29.3 Å². The molecule has 3 heterocycles. The van der Waals surface area contributed by atoms with E-state index < -0.39 is 0 Å². The number of anilines is 4. The number of carbonyl (C=O) groups is 2. The quantitative estimate of drug-likeness (QED) is 0.383. The highest BCUT2D eigenvalue weighted by atomic mass is 35.5. The number of alkyl halides is 1. The van der Waals surface area contributed by atoms with Crippen LogP contribution in [-0.2, 0) is 32.3 Å². The molecule has 2 aromatic carbocycles. The van der Waals surface area contributed by atoms with Crippen molar-refractivity contribution in [3.63, 3.8) is 0 Å². The summed E-state index contributed by atoms with van der Waals surface area (Å²) in [6.45, 7) is 6.85. The number of hydrogen-bond donors (Lipinski definition) is 3. The normalized spacial score (nSPS) is 17.3. The molecular formula is C30H41ClN4O6. The third kappa shape index (κ3) is 8.56. The van der Waals surface area contributed by atoms with E-state index in [-0.39, 0.29) is 25.0 Å². The molecule has 0 unspecified atom stereocenters. The number of halogens is 1. The van der Waals surface area contributed by atoms with Gasteiger partial charge in [-0.15, -0.1) is 11.6 Å². The Balaban J connectivity index is 0.000000189. The SMILES string of the molecule is O=C(CCCCl)Nc1ccc(N2CCOCC2)c(CO)c1.O=C1CCCN1c1ccc(N2CCOCC2)c(CO)c1. The summed E-state index contributed by atoms with van der Waals surface area (Å²) in [5.74, 6) is 0.595. The van der Waals surface area contributed by atoms with Crippen LogP contribution in [0.4, 0.5) is 22.7 Å². The van der Waals surface area contributed by atoms with Crippen molar-refractivity contribution in [2.24, 2.45) is 0 Å². The molecule has 0 aliphatic carbocycles. The number of morpholine rings is 2. The maximum atomic E-state index is 11.8. The van der Waals surface area contributed by atoms with Crippen LogP contribution in [0.25, 0.3) is 0 Å². The molecule has 5 rings (SSSR count). The number of aliphatic hydroxyl groups excluding tert-OH is 2. The number of aliphatic hydroxyl groups is 2. The number of rotatable bonds is 9. The van der Waals surface area contributed by atoms with E-state index in [0.29, 0.717) is 44.0 Å². The van der Waals surface area contributed by atoms with Crippen molar-refractivity contribution in [3.8, 4) is 0 Å². The zero-order chi connectivity index (χ0) is 29.0. The highest BCUT2D eigenvalue weighted by Crippen LogP contribution is 2.29. The number of hydrogen-bond acceptors (Lipinski definition) is 8. The van der Waals surface area contributed by atoms with E-state index in [1.807, 2.05) is 41.3 Å². The van der Waals surface area contributed by atoms with Gasteiger partial charge in [0.2, 0.25) is 11.8 Å². The van der Waals surface area contributed by atoms with Gasteiger partial charge in [-0.2, -0.15) is 0 Å². The van der Waals surface area contributed by atoms with Gasteiger partial charge in [-0.1, -0.05) is 0 Å². The lowest BCUT2D eigenvalue weighted by molar-refractivity contribution is -0.117. The van der Waals surface area contributed by atoms with Crippen LogP contribution in [0.15, 0.2) is 36.4 Å². The van der Waals surface area contributed by atoms with E-state index in [1.54, 1.807) is 0 Å². The van der Waals surface area contributed by atoms with Gasteiger partial charge in [0.15, 0.2) is 0 Å². The minimum atomic E-state index is -0.0575. The first kappa shape index (κ1) is 31.1. The van der Waals surface area contributed by atoms with E-state index in [9.17, 15) is 19.8 Å². The number of ether oxygens (including phenoxy) is 2. The van der Waals surface area contributed by atoms with Gasteiger partial charge in [0.1, 0.15) is 0 Å². The lowest BCUT2D eigenvalue weighted by Gasteiger charge is -2.31. The Kier molecular flexibility index (Phi) is 12.1. The fourth-order valence-corrected chi connectivity index (χ4v) is 5.39. The Hall–Kier alpha value is -2.89. The average molecular weight is 589 g/mol. The van der Waals surface area contributed by atoms with Crippen LogP contribution in [0.1, 0.15) is 36.8 Å². The number of nitrogens with one attached hydrogen (secondary N) is 1. The zero-order valence-corrected chi connectivity index (χ0v) is 24.3. The summed E-state index contributed by atoms with van der Waals surface area (Å²) < 4.78 is 10.7. The second-order valence-corrected chi connectivity index (χ2v) is 10.5. The molecule has 3 N–H and O–H groups in total. The first-order valence-electron chi connectivity index (χ1n) is 14.3. The second-order valence-electron chi connectivity index (χ2n) is 10.2. The average Bonchev–Trinajstić information content (AvgIpc) is 3.46. The first-order valence-corrected chi connectivity index (χ1v) is 14.9. The van der Waals surface area contributed by atoms with Crippen LogP contribution < -0.4 is 20.0 Å². The molecule has 224 valence electrons. The molecule has 2 amide bonds. The number of nitrogens with zero attached hydrogens (tertiary/aromatic N) is 3. The van der Waals surface area contributed by atoms with Crippen LogP contribution in [-0.4, -0.2) is 87.1 Å². The highest BCUT2D eigenvalue weighted by Gasteiger charge is 2.23. The van der Waals surface area contributed by atoms with Gasteiger partial charge in [0.25, 0.3) is 0 Å². The molecule has 3 fully saturated rings. The number of benzene rings is 2. The van der Waals surface area contributed by atoms with E-state index in [1.165, 1.54) is 0 Å². The molecule has 3 saturated heterocycles. The van der Waals surface area contributed by atoms with Crippen molar-refractivity contribution in [1.29, 1.82) is 0 Å². The van der Waals surface area contributed by atoms with E-state index in [0.717, 1.165) is 80.5 Å². The van der Waals surface area contributed by atoms with E-state index in [2.05, 4.69) is 15.1 Å². The van der Waals surface area contributed by atoms with Crippen LogP contribution in [0, 0.1) is 0 Å². The van der Waals surface area contributed by atoms with Crippen molar-refractivity contribution >= 4 is 46.2 Å². The molecule has 41 heavy (non-hydrogen) atoms. The second kappa shape index (κ2) is 15.9. The summed E-state index contributed by atoms with van der Waals surface area (Å²) in [4.78, 5) is 29.7. The summed E-state index contributed by atoms with van der Waals surface area (Å²) in [6.07, 6.45) is 2.60. The minimum absolute atomic E-state index is 0.0113. The summed E-state index contributed by atoms with van der Waals surface area (Å²) in [5.41, 5.74) is 5.34. The lowest BCUT2D eigenvalue weighted by Crippen LogP contribution is -2.36. The van der Waals surface area contributed by atoms with Gasteiger partial charge < -0.3 is 39.7 Å². The van der Waals surface area contributed by atoms with Gasteiger partial charge in [-0.3, -0.25) is 9.59 Å². The largest absolute Gasteiger partial charge is 0.392 e. The number of amides is 2. The summed E-state index contributed by atoms with van der Waals surface area (Å²) in [5, 5.41) is 22.0. The van der Waals surface area contributed by atoms with Crippen LogP contribution >= 0.6 is 11.6 Å². The molecule has 0 bridgehead atoms. The third-order valence-electron chi connectivity index (χ3n) is 7.39. The first-order chi connectivity index (χ1) is 20.0. The monoisotopic (exact) mass is 588 g/mol. The fraction of sp³-hybridized carbons (Fsp3) is 0.533. The smallest absolute Gasteiger partial charge is 0.227 e. The molecule has 2 aromatic rings. The predicted molar refractivity (Wildman–Crippen MR) is 161 cm³/mol. The molecule has 11 heteroatoms. The van der Waals surface area contributed by atoms with Gasteiger partial charge in [0.05, 0.1) is 39.6 Å². The topological polar surface area (TPSA) is 115 Å². The zero-order valence-electron chi connectivity index (χ0n) is 23.5. The van der Waals surface area contributed by atoms with Crippen LogP contribution in [0.5, 0.6) is 0 Å². The molecule has 10 nitrogen and oxygen atoms in total. The van der Waals surface area contributed by atoms with Crippen LogP contribution in [0.2, 0.25) is 0 Å². The molecule has 3 aliphatic rings. The van der Waals surface area contributed by atoms with Gasteiger partial charge >= 0.3 is 0 Å². The lowest BCUT2D eigenvalue weighted by atomic mass is 10.1. The Labute approximate surface area is 246 Å². The molecule has 0 radical (unpaired) electrons.